The highest BCUT2D eigenvalue weighted by atomic mass is 32.2. The maximum absolute atomic E-state index is 12.5. The minimum Gasteiger partial charge on any atom is -0.481 e. The number of hydrogen-bond donors (Lipinski definition) is 0. The van der Waals surface area contributed by atoms with Crippen molar-refractivity contribution in [2.75, 3.05) is 39.0 Å². The molecule has 1 amide bonds. The Morgan fingerprint density at radius 2 is 2.13 bits per heavy atom. The van der Waals surface area contributed by atoms with Gasteiger partial charge in [-0.15, -0.1) is 11.8 Å². The fourth-order valence-corrected chi connectivity index (χ4v) is 5.66. The lowest BCUT2D eigenvalue weighted by atomic mass is 9.91. The predicted molar refractivity (Wildman–Crippen MR) is 91.1 cm³/mol. The Bertz CT molecular complexity index is 580. The smallest absolute Gasteiger partial charge is 0.255 e. The molecular formula is C17H23N3O2S. The van der Waals surface area contributed by atoms with E-state index in [-0.39, 0.29) is 5.91 Å². The fraction of sp³-hybridized carbons (Fsp3) is 0.647. The number of aromatic nitrogens is 1. The molecule has 1 aromatic heterocycles. The topological polar surface area (TPSA) is 45.7 Å². The number of likely N-dealkylation sites (tertiary alicyclic amines) is 2. The van der Waals surface area contributed by atoms with E-state index in [9.17, 15) is 4.79 Å². The molecule has 0 bridgehead atoms. The molecule has 0 radical (unpaired) electrons. The Morgan fingerprint density at radius 3 is 2.78 bits per heavy atom. The molecule has 1 atom stereocenters. The molecule has 3 saturated heterocycles. The highest BCUT2D eigenvalue weighted by Gasteiger charge is 2.51. The number of rotatable bonds is 3. The van der Waals surface area contributed by atoms with E-state index in [0.717, 1.165) is 19.1 Å². The Hall–Kier alpha value is -1.27. The molecule has 3 aliphatic rings. The number of pyridine rings is 1. The van der Waals surface area contributed by atoms with Gasteiger partial charge in [-0.2, -0.15) is 0 Å². The van der Waals surface area contributed by atoms with Gasteiger partial charge in [0.25, 0.3) is 5.91 Å². The minimum atomic E-state index is 0.0935. The molecule has 3 aliphatic heterocycles. The minimum absolute atomic E-state index is 0.0935. The number of carbonyl (C=O) groups excluding carboxylic acids is 1. The summed E-state index contributed by atoms with van der Waals surface area (Å²) in [5, 5.41) is 0. The van der Waals surface area contributed by atoms with Crippen molar-refractivity contribution in [2.45, 2.75) is 30.1 Å². The molecule has 0 aliphatic carbocycles. The third-order valence-corrected chi connectivity index (χ3v) is 6.87. The van der Waals surface area contributed by atoms with Crippen LogP contribution >= 0.6 is 11.8 Å². The van der Waals surface area contributed by atoms with E-state index in [0.29, 0.717) is 16.2 Å². The van der Waals surface area contributed by atoms with Crippen molar-refractivity contribution >= 4 is 17.7 Å². The van der Waals surface area contributed by atoms with Gasteiger partial charge in [-0.3, -0.25) is 9.69 Å². The van der Waals surface area contributed by atoms with Crippen LogP contribution in [0.4, 0.5) is 0 Å². The Kier molecular flexibility index (Phi) is 3.97. The molecule has 1 spiro atoms. The number of carbonyl (C=O) groups is 1. The molecule has 4 rings (SSSR count). The molecule has 1 aromatic rings. The van der Waals surface area contributed by atoms with E-state index in [1.807, 2.05) is 4.90 Å². The van der Waals surface area contributed by atoms with Crippen molar-refractivity contribution < 1.29 is 9.53 Å². The van der Waals surface area contributed by atoms with Crippen LogP contribution in [0.2, 0.25) is 0 Å². The summed E-state index contributed by atoms with van der Waals surface area (Å²) in [5.74, 6) is 1.86. The first-order valence-electron chi connectivity index (χ1n) is 8.36. The highest BCUT2D eigenvalue weighted by molar-refractivity contribution is 8.01. The van der Waals surface area contributed by atoms with Crippen molar-refractivity contribution in [3.63, 3.8) is 0 Å². The lowest BCUT2D eigenvalue weighted by Crippen LogP contribution is -2.61. The zero-order chi connectivity index (χ0) is 15.9. The molecule has 1 unspecified atom stereocenters. The zero-order valence-electron chi connectivity index (χ0n) is 13.5. The molecule has 0 N–H and O–H groups in total. The van der Waals surface area contributed by atoms with Crippen molar-refractivity contribution in [2.24, 2.45) is 0 Å². The van der Waals surface area contributed by atoms with Crippen LogP contribution in [0.15, 0.2) is 18.3 Å². The molecular weight excluding hydrogens is 310 g/mol. The summed E-state index contributed by atoms with van der Waals surface area (Å²) in [6, 6.07) is 4.27. The van der Waals surface area contributed by atoms with Gasteiger partial charge in [-0.05, 0) is 38.4 Å². The fourth-order valence-electron chi connectivity index (χ4n) is 3.98. The van der Waals surface area contributed by atoms with E-state index >= 15 is 0 Å². The standard InChI is InChI=1S/C17H23N3O2S/c1-22-15-5-4-13(9-18-15)16(21)20-11-17(12-20)8-14(10-23-17)19-6-2-3-7-19/h4-5,9,14H,2-3,6-8,10-12H2,1H3. The monoisotopic (exact) mass is 333 g/mol. The molecule has 4 heterocycles. The van der Waals surface area contributed by atoms with Crippen LogP contribution in [0.3, 0.4) is 0 Å². The van der Waals surface area contributed by atoms with Gasteiger partial charge in [0.05, 0.1) is 17.4 Å². The lowest BCUT2D eigenvalue weighted by Gasteiger charge is -2.47. The highest BCUT2D eigenvalue weighted by Crippen LogP contribution is 2.47. The normalized spacial score (nSPS) is 26.5. The third-order valence-electron chi connectivity index (χ3n) is 5.28. The second-order valence-electron chi connectivity index (χ2n) is 6.85. The van der Waals surface area contributed by atoms with Gasteiger partial charge in [0, 0.05) is 37.1 Å². The van der Waals surface area contributed by atoms with E-state index < -0.39 is 0 Å². The van der Waals surface area contributed by atoms with Gasteiger partial charge >= 0.3 is 0 Å². The summed E-state index contributed by atoms with van der Waals surface area (Å²) in [7, 11) is 1.58. The second kappa shape index (κ2) is 5.98. The maximum atomic E-state index is 12.5. The number of amides is 1. The first-order valence-corrected chi connectivity index (χ1v) is 9.35. The summed E-state index contributed by atoms with van der Waals surface area (Å²) < 4.78 is 5.35. The van der Waals surface area contributed by atoms with E-state index in [1.165, 1.54) is 38.1 Å². The van der Waals surface area contributed by atoms with Crippen molar-refractivity contribution in [1.82, 2.24) is 14.8 Å². The molecule has 3 fully saturated rings. The first kappa shape index (κ1) is 15.3. The number of nitrogens with zero attached hydrogens (tertiary/aromatic N) is 3. The average molecular weight is 333 g/mol. The molecule has 5 nitrogen and oxygen atoms in total. The van der Waals surface area contributed by atoms with Crippen LogP contribution < -0.4 is 4.74 Å². The third kappa shape index (κ3) is 2.83. The molecule has 23 heavy (non-hydrogen) atoms. The summed E-state index contributed by atoms with van der Waals surface area (Å²) in [5.41, 5.74) is 0.653. The Balaban J connectivity index is 1.34. The lowest BCUT2D eigenvalue weighted by molar-refractivity contribution is 0.0532. The second-order valence-corrected chi connectivity index (χ2v) is 8.33. The van der Waals surface area contributed by atoms with Gasteiger partial charge in [-0.1, -0.05) is 0 Å². The first-order chi connectivity index (χ1) is 11.2. The average Bonchev–Trinajstić information content (AvgIpc) is 3.22. The predicted octanol–water partition coefficient (Wildman–Crippen LogP) is 1.89. The van der Waals surface area contributed by atoms with Gasteiger partial charge in [-0.25, -0.2) is 4.98 Å². The van der Waals surface area contributed by atoms with E-state index in [2.05, 4.69) is 21.6 Å². The number of methoxy groups -OCH3 is 1. The van der Waals surface area contributed by atoms with Crippen LogP contribution in [0, 0.1) is 0 Å². The number of thioether (sulfide) groups is 1. The Labute approximate surface area is 141 Å². The van der Waals surface area contributed by atoms with Crippen LogP contribution in [-0.4, -0.2) is 70.5 Å². The SMILES string of the molecule is COc1ccc(C(=O)N2CC3(CC(N4CCCC4)CS3)C2)cn1. The molecule has 124 valence electrons. The zero-order valence-corrected chi connectivity index (χ0v) is 14.3. The van der Waals surface area contributed by atoms with Crippen molar-refractivity contribution in [1.29, 1.82) is 0 Å². The molecule has 0 saturated carbocycles. The van der Waals surface area contributed by atoms with Crippen molar-refractivity contribution in [3.8, 4) is 5.88 Å². The van der Waals surface area contributed by atoms with Gasteiger partial charge < -0.3 is 9.64 Å². The van der Waals surface area contributed by atoms with Gasteiger partial charge in [0.15, 0.2) is 0 Å². The molecule has 6 heteroatoms. The quantitative estimate of drug-likeness (QED) is 0.845. The van der Waals surface area contributed by atoms with E-state index in [4.69, 9.17) is 4.74 Å². The van der Waals surface area contributed by atoms with Gasteiger partial charge in [0.1, 0.15) is 0 Å². The van der Waals surface area contributed by atoms with Gasteiger partial charge in [0.2, 0.25) is 5.88 Å². The summed E-state index contributed by atoms with van der Waals surface area (Å²) in [4.78, 5) is 21.3. The van der Waals surface area contributed by atoms with Crippen LogP contribution in [0.5, 0.6) is 5.88 Å². The maximum Gasteiger partial charge on any atom is 0.255 e. The summed E-state index contributed by atoms with van der Waals surface area (Å²) in [6.07, 6.45) is 5.55. The summed E-state index contributed by atoms with van der Waals surface area (Å²) in [6.45, 7) is 4.29. The largest absolute Gasteiger partial charge is 0.481 e. The van der Waals surface area contributed by atoms with E-state index in [1.54, 1.807) is 25.4 Å². The van der Waals surface area contributed by atoms with Crippen LogP contribution in [-0.2, 0) is 0 Å². The summed E-state index contributed by atoms with van der Waals surface area (Å²) >= 11 is 2.08. The van der Waals surface area contributed by atoms with Crippen LogP contribution in [0.1, 0.15) is 29.6 Å². The number of hydrogen-bond acceptors (Lipinski definition) is 5. The molecule has 0 aromatic carbocycles. The van der Waals surface area contributed by atoms with Crippen LogP contribution in [0.25, 0.3) is 0 Å². The number of ether oxygens (including phenoxy) is 1. The Morgan fingerprint density at radius 1 is 1.35 bits per heavy atom. The van der Waals surface area contributed by atoms with Crippen molar-refractivity contribution in [3.05, 3.63) is 23.9 Å².